The van der Waals surface area contributed by atoms with Crippen molar-refractivity contribution in [2.24, 2.45) is 0 Å². The molecule has 3 nitrogen and oxygen atoms in total. The second-order valence-corrected chi connectivity index (χ2v) is 4.45. The van der Waals surface area contributed by atoms with E-state index in [1.165, 1.54) is 0 Å². The maximum Gasteiger partial charge on any atom is 0.0720 e. The number of hydrogen-bond donors (Lipinski definition) is 3. The smallest absolute Gasteiger partial charge is 0.0720 e. The highest BCUT2D eigenvalue weighted by Crippen LogP contribution is 2.32. The van der Waals surface area contributed by atoms with Crippen LogP contribution < -0.4 is 11.1 Å². The van der Waals surface area contributed by atoms with Gasteiger partial charge in [-0.25, -0.2) is 0 Å². The van der Waals surface area contributed by atoms with Crippen LogP contribution in [0.4, 0.5) is 11.4 Å². The molecule has 0 spiro atoms. The summed E-state index contributed by atoms with van der Waals surface area (Å²) in [4.78, 5) is 0. The minimum absolute atomic E-state index is 0.293. The molecule has 0 bridgehead atoms. The van der Waals surface area contributed by atoms with Crippen LogP contribution in [-0.4, -0.2) is 17.8 Å². The largest absolute Gasteiger partial charge is 0.399 e. The molecule has 0 amide bonds. The highest BCUT2D eigenvalue weighted by atomic mass is 35.5. The van der Waals surface area contributed by atoms with Gasteiger partial charge in [0.1, 0.15) is 0 Å². The van der Waals surface area contributed by atoms with Crippen molar-refractivity contribution >= 4 is 34.6 Å². The molecule has 1 aromatic carbocycles. The molecule has 1 unspecified atom stereocenters. The van der Waals surface area contributed by atoms with Crippen LogP contribution in [0.3, 0.4) is 0 Å². The predicted molar refractivity (Wildman–Crippen MR) is 70.3 cm³/mol. The normalized spacial score (nSPS) is 12.5. The lowest BCUT2D eigenvalue weighted by Gasteiger charge is -2.13. The molecule has 0 fully saturated rings. The summed E-state index contributed by atoms with van der Waals surface area (Å²) in [6.45, 7) is 2.56. The zero-order valence-corrected chi connectivity index (χ0v) is 10.6. The van der Waals surface area contributed by atoms with Crippen molar-refractivity contribution in [2.45, 2.75) is 25.9 Å². The van der Waals surface area contributed by atoms with Crippen molar-refractivity contribution in [3.8, 4) is 0 Å². The van der Waals surface area contributed by atoms with Crippen molar-refractivity contribution in [3.63, 3.8) is 0 Å². The summed E-state index contributed by atoms with van der Waals surface area (Å²) in [5.41, 5.74) is 6.79. The van der Waals surface area contributed by atoms with Gasteiger partial charge in [-0.05, 0) is 25.0 Å². The minimum Gasteiger partial charge on any atom is -0.399 e. The second-order valence-electron chi connectivity index (χ2n) is 3.64. The van der Waals surface area contributed by atoms with Gasteiger partial charge in [-0.1, -0.05) is 30.1 Å². The number of benzene rings is 1. The van der Waals surface area contributed by atoms with Crippen LogP contribution in [0.25, 0.3) is 0 Å². The highest BCUT2D eigenvalue weighted by molar-refractivity contribution is 6.39. The van der Waals surface area contributed by atoms with Gasteiger partial charge in [0.15, 0.2) is 0 Å². The van der Waals surface area contributed by atoms with Gasteiger partial charge in [0, 0.05) is 12.2 Å². The molecule has 0 saturated heterocycles. The van der Waals surface area contributed by atoms with E-state index in [2.05, 4.69) is 5.32 Å². The first-order valence-electron chi connectivity index (χ1n) is 5.21. The third-order valence-electron chi connectivity index (χ3n) is 2.32. The fraction of sp³-hybridized carbons (Fsp3) is 0.455. The molecule has 1 atom stereocenters. The Morgan fingerprint density at radius 1 is 1.38 bits per heavy atom. The zero-order valence-electron chi connectivity index (χ0n) is 9.13. The molecular formula is C11H16Cl2N2O. The number of halogens is 2. The van der Waals surface area contributed by atoms with Gasteiger partial charge in [-0.3, -0.25) is 0 Å². The molecule has 0 aliphatic rings. The van der Waals surface area contributed by atoms with E-state index in [9.17, 15) is 5.11 Å². The molecule has 0 heterocycles. The number of anilines is 2. The minimum atomic E-state index is -0.293. The number of hydrogen-bond acceptors (Lipinski definition) is 3. The van der Waals surface area contributed by atoms with Crippen molar-refractivity contribution < 1.29 is 5.11 Å². The maximum absolute atomic E-state index is 9.39. The second kappa shape index (κ2) is 6.18. The summed E-state index contributed by atoms with van der Waals surface area (Å²) in [5.74, 6) is 0. The molecule has 0 radical (unpaired) electrons. The Bertz CT molecular complexity index is 335. The van der Waals surface area contributed by atoms with Crippen LogP contribution in [0, 0.1) is 0 Å². The van der Waals surface area contributed by atoms with E-state index in [4.69, 9.17) is 28.9 Å². The zero-order chi connectivity index (χ0) is 12.1. The summed E-state index contributed by atoms with van der Waals surface area (Å²) in [5, 5.41) is 13.5. The maximum atomic E-state index is 9.39. The van der Waals surface area contributed by atoms with E-state index in [0.717, 1.165) is 6.42 Å². The summed E-state index contributed by atoms with van der Waals surface area (Å²) < 4.78 is 0. The van der Waals surface area contributed by atoms with E-state index in [1.54, 1.807) is 12.1 Å². The van der Waals surface area contributed by atoms with Gasteiger partial charge in [0.2, 0.25) is 0 Å². The number of rotatable bonds is 5. The van der Waals surface area contributed by atoms with Crippen molar-refractivity contribution in [3.05, 3.63) is 22.2 Å². The van der Waals surface area contributed by atoms with E-state index in [0.29, 0.717) is 34.4 Å². The Morgan fingerprint density at radius 2 is 1.94 bits per heavy atom. The van der Waals surface area contributed by atoms with Crippen molar-refractivity contribution in [1.82, 2.24) is 0 Å². The van der Waals surface area contributed by atoms with Gasteiger partial charge in [0.25, 0.3) is 0 Å². The summed E-state index contributed by atoms with van der Waals surface area (Å²) in [7, 11) is 0. The van der Waals surface area contributed by atoms with Crippen LogP contribution in [0.1, 0.15) is 19.8 Å². The SMILES string of the molecule is CCC(O)CCNc1c(Cl)cc(N)cc1Cl. The average molecular weight is 263 g/mol. The average Bonchev–Trinajstić information content (AvgIpc) is 2.21. The third kappa shape index (κ3) is 3.74. The Kier molecular flexibility index (Phi) is 5.19. The standard InChI is InChI=1S/C11H16Cl2N2O/c1-2-8(16)3-4-15-11-9(12)5-7(14)6-10(11)13/h5-6,8,15-16H,2-4,14H2,1H3. The Morgan fingerprint density at radius 3 is 2.44 bits per heavy atom. The lowest BCUT2D eigenvalue weighted by Crippen LogP contribution is -2.12. The molecule has 0 aromatic heterocycles. The predicted octanol–water partition coefficient (Wildman–Crippen LogP) is 3.15. The molecule has 0 aliphatic carbocycles. The number of aliphatic hydroxyl groups excluding tert-OH is 1. The van der Waals surface area contributed by atoms with Gasteiger partial charge in [-0.2, -0.15) is 0 Å². The van der Waals surface area contributed by atoms with Crippen molar-refractivity contribution in [1.29, 1.82) is 0 Å². The van der Waals surface area contributed by atoms with E-state index >= 15 is 0 Å². The summed E-state index contributed by atoms with van der Waals surface area (Å²) in [6.07, 6.45) is 1.11. The molecular weight excluding hydrogens is 247 g/mol. The quantitative estimate of drug-likeness (QED) is 0.715. The Hall–Kier alpha value is -0.640. The summed E-state index contributed by atoms with van der Waals surface area (Å²) >= 11 is 12.0. The molecule has 1 rings (SSSR count). The van der Waals surface area contributed by atoms with Gasteiger partial charge >= 0.3 is 0 Å². The van der Waals surface area contributed by atoms with E-state index in [-0.39, 0.29) is 6.10 Å². The highest BCUT2D eigenvalue weighted by Gasteiger charge is 2.07. The topological polar surface area (TPSA) is 58.3 Å². The van der Waals surface area contributed by atoms with E-state index in [1.807, 2.05) is 6.92 Å². The fourth-order valence-electron chi connectivity index (χ4n) is 1.33. The molecule has 16 heavy (non-hydrogen) atoms. The van der Waals surface area contributed by atoms with Crippen LogP contribution >= 0.6 is 23.2 Å². The summed E-state index contributed by atoms with van der Waals surface area (Å²) in [6, 6.07) is 3.29. The molecule has 0 aliphatic heterocycles. The lowest BCUT2D eigenvalue weighted by atomic mass is 10.2. The van der Waals surface area contributed by atoms with Gasteiger partial charge < -0.3 is 16.2 Å². The molecule has 0 saturated carbocycles. The third-order valence-corrected chi connectivity index (χ3v) is 2.91. The van der Waals surface area contributed by atoms with Crippen molar-refractivity contribution in [2.75, 3.05) is 17.6 Å². The van der Waals surface area contributed by atoms with Crippen LogP contribution in [0.15, 0.2) is 12.1 Å². The van der Waals surface area contributed by atoms with Gasteiger partial charge in [0.05, 0.1) is 21.8 Å². The number of aliphatic hydroxyl groups is 1. The lowest BCUT2D eigenvalue weighted by molar-refractivity contribution is 0.164. The number of nitrogens with two attached hydrogens (primary N) is 1. The Labute approximate surface area is 106 Å². The first kappa shape index (κ1) is 13.4. The van der Waals surface area contributed by atoms with Crippen LogP contribution in [0.5, 0.6) is 0 Å². The van der Waals surface area contributed by atoms with Crippen LogP contribution in [0.2, 0.25) is 10.0 Å². The van der Waals surface area contributed by atoms with E-state index < -0.39 is 0 Å². The first-order chi connectivity index (χ1) is 7.54. The Balaban J connectivity index is 2.60. The molecule has 90 valence electrons. The fourth-order valence-corrected chi connectivity index (χ4v) is 1.97. The van der Waals surface area contributed by atoms with Gasteiger partial charge in [-0.15, -0.1) is 0 Å². The molecule has 5 heteroatoms. The number of nitrogen functional groups attached to an aromatic ring is 1. The van der Waals surface area contributed by atoms with Crippen LogP contribution in [-0.2, 0) is 0 Å². The monoisotopic (exact) mass is 262 g/mol. The molecule has 1 aromatic rings. The molecule has 4 N–H and O–H groups in total. The number of nitrogens with one attached hydrogen (secondary N) is 1. The first-order valence-corrected chi connectivity index (χ1v) is 5.96.